The predicted octanol–water partition coefficient (Wildman–Crippen LogP) is 2.46. The van der Waals surface area contributed by atoms with E-state index in [0.29, 0.717) is 17.4 Å². The van der Waals surface area contributed by atoms with Gasteiger partial charge in [0.1, 0.15) is 0 Å². The van der Waals surface area contributed by atoms with Crippen molar-refractivity contribution < 1.29 is 4.79 Å². The Hall–Kier alpha value is -0.570. The highest BCUT2D eigenvalue weighted by molar-refractivity contribution is 5.81. The summed E-state index contributed by atoms with van der Waals surface area (Å²) >= 11 is 0. The van der Waals surface area contributed by atoms with Gasteiger partial charge in [-0.05, 0) is 49.4 Å². The lowest BCUT2D eigenvalue weighted by Crippen LogP contribution is -2.55. The lowest BCUT2D eigenvalue weighted by Gasteiger charge is -2.39. The Morgan fingerprint density at radius 2 is 1.95 bits per heavy atom. The van der Waals surface area contributed by atoms with E-state index < -0.39 is 0 Å². The number of carbonyl (C=O) groups excluding carboxylic acids is 1. The predicted molar refractivity (Wildman–Crippen MR) is 76.8 cm³/mol. The maximum atomic E-state index is 12.2. The van der Waals surface area contributed by atoms with E-state index >= 15 is 0 Å². The molecular formula is C16H28N2O. The number of hydrogen-bond donors (Lipinski definition) is 2. The van der Waals surface area contributed by atoms with Crippen molar-refractivity contribution in [2.45, 2.75) is 70.9 Å². The molecule has 19 heavy (non-hydrogen) atoms. The Kier molecular flexibility index (Phi) is 3.59. The largest absolute Gasteiger partial charge is 0.354 e. The van der Waals surface area contributed by atoms with Crippen LogP contribution in [-0.2, 0) is 4.79 Å². The van der Waals surface area contributed by atoms with E-state index in [1.54, 1.807) is 0 Å². The summed E-state index contributed by atoms with van der Waals surface area (Å²) < 4.78 is 0. The third kappa shape index (κ3) is 2.96. The van der Waals surface area contributed by atoms with Gasteiger partial charge in [-0.15, -0.1) is 0 Å². The highest BCUT2D eigenvalue weighted by Crippen LogP contribution is 2.51. The molecule has 3 fully saturated rings. The molecule has 3 rings (SSSR count). The molecule has 4 atom stereocenters. The molecule has 0 spiro atoms. The topological polar surface area (TPSA) is 41.1 Å². The zero-order valence-electron chi connectivity index (χ0n) is 12.4. The maximum absolute atomic E-state index is 12.2. The molecule has 1 amide bonds. The molecule has 1 heterocycles. The molecule has 3 aliphatic rings. The van der Waals surface area contributed by atoms with E-state index in [-0.39, 0.29) is 11.9 Å². The molecule has 3 heteroatoms. The first-order chi connectivity index (χ1) is 9.06. The first-order valence-electron chi connectivity index (χ1n) is 8.10. The van der Waals surface area contributed by atoms with Crippen LogP contribution in [-0.4, -0.2) is 24.5 Å². The first-order valence-corrected chi connectivity index (χ1v) is 8.10. The van der Waals surface area contributed by atoms with Crippen molar-refractivity contribution in [2.24, 2.45) is 17.3 Å². The number of fused-ring (bicyclic) bond motifs is 1. The fraction of sp³-hybridized carbons (Fsp3) is 0.938. The number of amides is 1. The van der Waals surface area contributed by atoms with E-state index in [1.165, 1.54) is 38.5 Å². The fourth-order valence-corrected chi connectivity index (χ4v) is 3.97. The minimum absolute atomic E-state index is 0.0706. The van der Waals surface area contributed by atoms with Crippen molar-refractivity contribution in [3.8, 4) is 0 Å². The number of piperidine rings is 1. The van der Waals surface area contributed by atoms with Gasteiger partial charge in [-0.25, -0.2) is 0 Å². The van der Waals surface area contributed by atoms with Gasteiger partial charge in [0.25, 0.3) is 0 Å². The standard InChI is InChI=1S/C16H28N2O/c1-16(2)9-12(16)10-17-15(19)14-8-7-11-5-3-4-6-13(11)18-14/h11-14,18H,3-10H2,1-2H3,(H,17,19). The van der Waals surface area contributed by atoms with Crippen LogP contribution in [0.25, 0.3) is 0 Å². The highest BCUT2D eigenvalue weighted by atomic mass is 16.2. The molecule has 108 valence electrons. The number of hydrogen-bond acceptors (Lipinski definition) is 2. The van der Waals surface area contributed by atoms with Gasteiger partial charge in [-0.2, -0.15) is 0 Å². The summed E-state index contributed by atoms with van der Waals surface area (Å²) in [6, 6.07) is 0.678. The molecule has 2 aliphatic carbocycles. The van der Waals surface area contributed by atoms with E-state index in [9.17, 15) is 4.79 Å². The van der Waals surface area contributed by atoms with Crippen LogP contribution in [0, 0.1) is 17.3 Å². The number of carbonyl (C=O) groups is 1. The molecule has 3 nitrogen and oxygen atoms in total. The first kappa shape index (κ1) is 13.4. The van der Waals surface area contributed by atoms with E-state index in [4.69, 9.17) is 0 Å². The lowest BCUT2D eigenvalue weighted by atomic mass is 9.77. The second kappa shape index (κ2) is 5.08. The summed E-state index contributed by atoms with van der Waals surface area (Å²) in [7, 11) is 0. The van der Waals surface area contributed by atoms with Gasteiger partial charge >= 0.3 is 0 Å². The van der Waals surface area contributed by atoms with Gasteiger partial charge in [-0.3, -0.25) is 4.79 Å². The van der Waals surface area contributed by atoms with Crippen LogP contribution >= 0.6 is 0 Å². The Labute approximate surface area is 116 Å². The van der Waals surface area contributed by atoms with Crippen LogP contribution in [0.1, 0.15) is 58.8 Å². The fourth-order valence-electron chi connectivity index (χ4n) is 3.97. The van der Waals surface area contributed by atoms with Crippen LogP contribution in [0.2, 0.25) is 0 Å². The molecule has 0 radical (unpaired) electrons. The van der Waals surface area contributed by atoms with E-state index in [1.807, 2.05) is 0 Å². The zero-order valence-corrected chi connectivity index (χ0v) is 12.4. The molecule has 4 unspecified atom stereocenters. The van der Waals surface area contributed by atoms with Crippen molar-refractivity contribution >= 4 is 5.91 Å². The second-order valence-electron chi connectivity index (χ2n) is 7.58. The van der Waals surface area contributed by atoms with Gasteiger partial charge in [0.2, 0.25) is 5.91 Å². The van der Waals surface area contributed by atoms with Gasteiger partial charge in [0, 0.05) is 12.6 Å². The van der Waals surface area contributed by atoms with Crippen molar-refractivity contribution in [1.82, 2.24) is 10.6 Å². The summed E-state index contributed by atoms with van der Waals surface area (Å²) in [4.78, 5) is 12.2. The molecule has 0 aromatic carbocycles. The maximum Gasteiger partial charge on any atom is 0.237 e. The van der Waals surface area contributed by atoms with E-state index in [2.05, 4.69) is 24.5 Å². The smallest absolute Gasteiger partial charge is 0.237 e. The molecule has 1 saturated heterocycles. The summed E-state index contributed by atoms with van der Waals surface area (Å²) in [5.41, 5.74) is 0.460. The molecule has 0 aromatic heterocycles. The molecule has 0 aromatic rings. The molecule has 2 N–H and O–H groups in total. The Balaban J connectivity index is 1.45. The lowest BCUT2D eigenvalue weighted by molar-refractivity contribution is -0.124. The van der Waals surface area contributed by atoms with Crippen LogP contribution in [0.15, 0.2) is 0 Å². The minimum Gasteiger partial charge on any atom is -0.354 e. The van der Waals surface area contributed by atoms with Crippen molar-refractivity contribution in [3.63, 3.8) is 0 Å². The summed E-state index contributed by atoms with van der Waals surface area (Å²) in [6.07, 6.45) is 8.88. The van der Waals surface area contributed by atoms with Crippen LogP contribution in [0.5, 0.6) is 0 Å². The summed E-state index contributed by atoms with van der Waals surface area (Å²) in [5, 5.41) is 6.77. The average Bonchev–Trinajstić information content (AvgIpc) is 3.03. The molecular weight excluding hydrogens is 236 g/mol. The minimum atomic E-state index is 0.0706. The number of rotatable bonds is 3. The normalized spacial score (nSPS) is 40.3. The van der Waals surface area contributed by atoms with Crippen LogP contribution in [0.4, 0.5) is 0 Å². The van der Waals surface area contributed by atoms with Gasteiger partial charge in [-0.1, -0.05) is 26.7 Å². The summed E-state index contributed by atoms with van der Waals surface area (Å²) in [5.74, 6) is 1.77. The van der Waals surface area contributed by atoms with Gasteiger partial charge < -0.3 is 10.6 Å². The zero-order chi connectivity index (χ0) is 13.5. The molecule has 1 aliphatic heterocycles. The Bertz CT molecular complexity index is 353. The third-order valence-electron chi connectivity index (χ3n) is 5.71. The average molecular weight is 264 g/mol. The summed E-state index contributed by atoms with van der Waals surface area (Å²) in [6.45, 7) is 5.45. The Morgan fingerprint density at radius 3 is 2.68 bits per heavy atom. The van der Waals surface area contributed by atoms with Crippen LogP contribution in [0.3, 0.4) is 0 Å². The second-order valence-corrected chi connectivity index (χ2v) is 7.58. The third-order valence-corrected chi connectivity index (χ3v) is 5.71. The molecule has 0 bridgehead atoms. The SMILES string of the molecule is CC1(C)CC1CNC(=O)C1CCC2CCCCC2N1. The van der Waals surface area contributed by atoms with Gasteiger partial charge in [0.05, 0.1) is 6.04 Å². The van der Waals surface area contributed by atoms with Crippen molar-refractivity contribution in [2.75, 3.05) is 6.54 Å². The quantitative estimate of drug-likeness (QED) is 0.822. The van der Waals surface area contributed by atoms with Crippen molar-refractivity contribution in [3.05, 3.63) is 0 Å². The Morgan fingerprint density at radius 1 is 1.21 bits per heavy atom. The van der Waals surface area contributed by atoms with Gasteiger partial charge in [0.15, 0.2) is 0 Å². The monoisotopic (exact) mass is 264 g/mol. The highest BCUT2D eigenvalue weighted by Gasteiger charge is 2.45. The van der Waals surface area contributed by atoms with Crippen molar-refractivity contribution in [1.29, 1.82) is 0 Å². The van der Waals surface area contributed by atoms with E-state index in [0.717, 1.165) is 18.9 Å². The van der Waals surface area contributed by atoms with Crippen LogP contribution < -0.4 is 10.6 Å². The molecule has 2 saturated carbocycles. The number of nitrogens with one attached hydrogen (secondary N) is 2.